The number of anilines is 1. The van der Waals surface area contributed by atoms with Gasteiger partial charge in [-0.25, -0.2) is 4.98 Å². The Balaban J connectivity index is 1.97. The van der Waals surface area contributed by atoms with Gasteiger partial charge < -0.3 is 14.6 Å². The Hall–Kier alpha value is -1.95. The maximum Gasteiger partial charge on any atom is 0.280 e. The van der Waals surface area contributed by atoms with Crippen molar-refractivity contribution < 1.29 is 19.4 Å². The molecule has 2 aromatic heterocycles. The van der Waals surface area contributed by atoms with Crippen molar-refractivity contribution in [1.82, 2.24) is 19.5 Å². The van der Waals surface area contributed by atoms with Crippen LogP contribution in [-0.2, 0) is 14.3 Å². The van der Waals surface area contributed by atoms with Crippen LogP contribution in [-0.4, -0.2) is 68.3 Å². The van der Waals surface area contributed by atoms with E-state index in [1.807, 2.05) is 6.92 Å². The number of hydrogen-bond donors (Lipinski definition) is 3. The first-order chi connectivity index (χ1) is 13.9. The van der Waals surface area contributed by atoms with Crippen LogP contribution in [0.1, 0.15) is 32.6 Å². The highest BCUT2D eigenvalue weighted by atomic mass is 32.2. The van der Waals surface area contributed by atoms with E-state index in [-0.39, 0.29) is 33.9 Å². The molecule has 3 heterocycles. The summed E-state index contributed by atoms with van der Waals surface area (Å²) in [6.07, 6.45) is 1.11. The third-order valence-electron chi connectivity index (χ3n) is 4.79. The minimum atomic E-state index is -0.675. The summed E-state index contributed by atoms with van der Waals surface area (Å²) in [4.78, 5) is 35.6. The predicted octanol–water partition coefficient (Wildman–Crippen LogP) is 1.13. The molecular formula is C18H27N5O5S. The predicted molar refractivity (Wildman–Crippen MR) is 110 cm³/mol. The van der Waals surface area contributed by atoms with Crippen molar-refractivity contribution in [2.45, 2.75) is 50.0 Å². The Labute approximate surface area is 172 Å². The van der Waals surface area contributed by atoms with Gasteiger partial charge in [0.25, 0.3) is 5.56 Å². The second-order valence-corrected chi connectivity index (χ2v) is 8.54. The molecule has 1 saturated heterocycles. The molecular weight excluding hydrogens is 398 g/mol. The zero-order chi connectivity index (χ0) is 21.1. The highest BCUT2D eigenvalue weighted by Crippen LogP contribution is 2.45. The number of thioether (sulfide) groups is 1. The third kappa shape index (κ3) is 4.47. The van der Waals surface area contributed by atoms with Crippen LogP contribution in [0.15, 0.2) is 11.1 Å². The molecule has 1 fully saturated rings. The van der Waals surface area contributed by atoms with Gasteiger partial charge in [-0.1, -0.05) is 20.8 Å². The van der Waals surface area contributed by atoms with Crippen LogP contribution in [0.25, 0.3) is 11.2 Å². The number of aliphatic hydroxyl groups is 1. The van der Waals surface area contributed by atoms with E-state index in [2.05, 4.69) is 20.3 Å². The summed E-state index contributed by atoms with van der Waals surface area (Å²) in [7, 11) is 1.59. The molecule has 1 amide bonds. The summed E-state index contributed by atoms with van der Waals surface area (Å²) in [6, 6.07) is 0. The fraction of sp³-hybridized carbons (Fsp3) is 0.667. The van der Waals surface area contributed by atoms with E-state index in [1.165, 1.54) is 6.33 Å². The van der Waals surface area contributed by atoms with Crippen LogP contribution < -0.4 is 10.9 Å². The Morgan fingerprint density at radius 3 is 2.86 bits per heavy atom. The number of methoxy groups -OCH3 is 1. The molecule has 0 radical (unpaired) electrons. The lowest BCUT2D eigenvalue weighted by Crippen LogP contribution is -2.35. The Bertz CT molecular complexity index is 914. The monoisotopic (exact) mass is 425 g/mol. The number of rotatable bonds is 8. The number of amides is 1. The first-order valence-electron chi connectivity index (χ1n) is 9.59. The van der Waals surface area contributed by atoms with Crippen molar-refractivity contribution in [2.24, 2.45) is 5.92 Å². The highest BCUT2D eigenvalue weighted by Gasteiger charge is 2.44. The number of imidazole rings is 1. The topological polar surface area (TPSA) is 131 Å². The second-order valence-electron chi connectivity index (χ2n) is 7.17. The molecule has 0 aliphatic carbocycles. The lowest BCUT2D eigenvalue weighted by molar-refractivity contribution is -0.118. The molecule has 10 nitrogen and oxygen atoms in total. The zero-order valence-corrected chi connectivity index (χ0v) is 17.7. The van der Waals surface area contributed by atoms with Gasteiger partial charge in [-0.15, -0.1) is 11.8 Å². The van der Waals surface area contributed by atoms with Gasteiger partial charge >= 0.3 is 0 Å². The first kappa shape index (κ1) is 21.8. The van der Waals surface area contributed by atoms with Gasteiger partial charge in [-0.2, -0.15) is 4.98 Å². The number of carbonyl (C=O) groups excluding carboxylic acids is 1. The average molecular weight is 426 g/mol. The van der Waals surface area contributed by atoms with E-state index in [4.69, 9.17) is 9.47 Å². The molecule has 4 atom stereocenters. The summed E-state index contributed by atoms with van der Waals surface area (Å²) < 4.78 is 12.7. The van der Waals surface area contributed by atoms with Gasteiger partial charge in [0.15, 0.2) is 11.2 Å². The molecule has 11 heteroatoms. The van der Waals surface area contributed by atoms with E-state index in [0.29, 0.717) is 18.9 Å². The van der Waals surface area contributed by atoms with Crippen molar-refractivity contribution in [2.75, 3.05) is 25.6 Å². The van der Waals surface area contributed by atoms with Crippen LogP contribution in [0.3, 0.4) is 0 Å². The summed E-state index contributed by atoms with van der Waals surface area (Å²) in [5.41, 5.74) is 0.0491. The standard InChI is InChI=1S/C18H27N5O5S/c1-5-10-12(24)13(28-7-6-27-4)17(29-10)23-8-19-11-14(23)20-18(22-16(11)26)21-15(25)9(2)3/h8-10,12-13,17,24H,5-7H2,1-4H3,(H2,20,21,22,25,26)/t10-,12+,13?,17-/m1/s1. The number of nitrogens with zero attached hydrogens (tertiary/aromatic N) is 3. The Morgan fingerprint density at radius 2 is 2.21 bits per heavy atom. The molecule has 1 unspecified atom stereocenters. The molecule has 3 N–H and O–H groups in total. The number of carbonyl (C=O) groups is 1. The highest BCUT2D eigenvalue weighted by molar-refractivity contribution is 8.00. The number of fused-ring (bicyclic) bond motifs is 1. The number of aromatic nitrogens is 4. The maximum atomic E-state index is 12.4. The maximum absolute atomic E-state index is 12.4. The normalized spacial score (nSPS) is 24.5. The molecule has 29 heavy (non-hydrogen) atoms. The first-order valence-corrected chi connectivity index (χ1v) is 10.5. The SMILES string of the molecule is CC[C@H]1S[C@@H](n2cnc3c(=O)[nH]c(NC(=O)C(C)C)nc32)C(OCCOC)[C@H]1O. The number of aliphatic hydroxyl groups excluding tert-OH is 1. The number of aromatic amines is 1. The van der Waals surface area contributed by atoms with Gasteiger partial charge in [0.1, 0.15) is 11.5 Å². The van der Waals surface area contributed by atoms with Crippen LogP contribution in [0.4, 0.5) is 5.95 Å². The van der Waals surface area contributed by atoms with Crippen molar-refractivity contribution in [3.63, 3.8) is 0 Å². The van der Waals surface area contributed by atoms with Crippen LogP contribution in [0, 0.1) is 5.92 Å². The zero-order valence-electron chi connectivity index (χ0n) is 16.9. The van der Waals surface area contributed by atoms with E-state index >= 15 is 0 Å². The van der Waals surface area contributed by atoms with Crippen molar-refractivity contribution >= 4 is 34.8 Å². The molecule has 1 aliphatic heterocycles. The summed E-state index contributed by atoms with van der Waals surface area (Å²) in [5.74, 6) is -0.447. The van der Waals surface area contributed by atoms with E-state index in [1.54, 1.807) is 37.3 Å². The number of ether oxygens (including phenoxy) is 2. The van der Waals surface area contributed by atoms with Crippen LogP contribution in [0.5, 0.6) is 0 Å². The van der Waals surface area contributed by atoms with Crippen LogP contribution in [0.2, 0.25) is 0 Å². The van der Waals surface area contributed by atoms with E-state index in [0.717, 1.165) is 6.42 Å². The van der Waals surface area contributed by atoms with Crippen LogP contribution >= 0.6 is 11.8 Å². The average Bonchev–Trinajstić information content (AvgIpc) is 3.23. The quantitative estimate of drug-likeness (QED) is 0.537. The molecule has 0 saturated carbocycles. The molecule has 3 rings (SSSR count). The fourth-order valence-corrected chi connectivity index (χ4v) is 4.71. The molecule has 0 bridgehead atoms. The number of H-pyrrole nitrogens is 1. The summed E-state index contributed by atoms with van der Waals surface area (Å²) in [6.45, 7) is 6.25. The molecule has 160 valence electrons. The van der Waals surface area contributed by atoms with Gasteiger partial charge in [0.05, 0.1) is 25.6 Å². The van der Waals surface area contributed by atoms with Crippen molar-refractivity contribution in [1.29, 1.82) is 0 Å². The molecule has 0 aromatic carbocycles. The largest absolute Gasteiger partial charge is 0.389 e. The number of nitrogens with one attached hydrogen (secondary N) is 2. The molecule has 0 spiro atoms. The molecule has 1 aliphatic rings. The number of hydrogen-bond acceptors (Lipinski definition) is 8. The van der Waals surface area contributed by atoms with Gasteiger partial charge in [0, 0.05) is 18.3 Å². The van der Waals surface area contributed by atoms with Crippen molar-refractivity contribution in [3.8, 4) is 0 Å². The fourth-order valence-electron chi connectivity index (χ4n) is 3.16. The Morgan fingerprint density at radius 1 is 1.45 bits per heavy atom. The Kier molecular flexibility index (Phi) is 6.93. The third-order valence-corrected chi connectivity index (χ3v) is 6.52. The second kappa shape index (κ2) is 9.24. The lowest BCUT2D eigenvalue weighted by Gasteiger charge is -2.23. The van der Waals surface area contributed by atoms with Gasteiger partial charge in [0.2, 0.25) is 11.9 Å². The van der Waals surface area contributed by atoms with Crippen molar-refractivity contribution in [3.05, 3.63) is 16.7 Å². The summed E-state index contributed by atoms with van der Waals surface area (Å²) >= 11 is 1.56. The van der Waals surface area contributed by atoms with Gasteiger partial charge in [-0.3, -0.25) is 24.5 Å². The summed E-state index contributed by atoms with van der Waals surface area (Å²) in [5, 5.41) is 13.0. The smallest absolute Gasteiger partial charge is 0.280 e. The minimum absolute atomic E-state index is 0.0212. The van der Waals surface area contributed by atoms with E-state index < -0.39 is 17.8 Å². The minimum Gasteiger partial charge on any atom is -0.389 e. The van der Waals surface area contributed by atoms with E-state index in [9.17, 15) is 14.7 Å². The van der Waals surface area contributed by atoms with Gasteiger partial charge in [-0.05, 0) is 6.42 Å². The lowest BCUT2D eigenvalue weighted by atomic mass is 10.1. The molecule has 2 aromatic rings.